The molecule has 94 valence electrons. The van der Waals surface area contributed by atoms with Gasteiger partial charge in [0.2, 0.25) is 0 Å². The minimum absolute atomic E-state index is 0.426. The molecule has 0 saturated carbocycles. The maximum Gasteiger partial charge on any atom is 0.142 e. The normalized spacial score (nSPS) is 11.9. The molecule has 0 spiro atoms. The predicted octanol–water partition coefficient (Wildman–Crippen LogP) is 4.16. The van der Waals surface area contributed by atoms with Gasteiger partial charge < -0.3 is 10.1 Å². The Kier molecular flexibility index (Phi) is 5.61. The van der Waals surface area contributed by atoms with E-state index in [4.69, 9.17) is 4.74 Å². The lowest BCUT2D eigenvalue weighted by Crippen LogP contribution is -2.15. The second-order valence-corrected chi connectivity index (χ2v) is 4.34. The van der Waals surface area contributed by atoms with Crippen LogP contribution in [0.3, 0.4) is 0 Å². The summed E-state index contributed by atoms with van der Waals surface area (Å²) in [6, 6.07) is 6.69. The van der Waals surface area contributed by atoms with Crippen molar-refractivity contribution in [1.29, 1.82) is 0 Å². The standard InChI is InChI=1S/C15H23NO/c1-5-7-8-13(4)16-14-10-9-12(3)11-15(14)17-6-2/h5,9-11,13,16H,1,6-8H2,2-4H3. The van der Waals surface area contributed by atoms with E-state index in [-0.39, 0.29) is 0 Å². The van der Waals surface area contributed by atoms with Crippen LogP contribution in [0, 0.1) is 6.92 Å². The fourth-order valence-electron chi connectivity index (χ4n) is 1.73. The Bertz CT molecular complexity index is 360. The van der Waals surface area contributed by atoms with E-state index in [0.717, 1.165) is 24.3 Å². The van der Waals surface area contributed by atoms with Crippen molar-refractivity contribution in [2.75, 3.05) is 11.9 Å². The van der Waals surface area contributed by atoms with E-state index in [1.54, 1.807) is 0 Å². The molecular weight excluding hydrogens is 210 g/mol. The zero-order chi connectivity index (χ0) is 12.7. The van der Waals surface area contributed by atoms with Gasteiger partial charge in [-0.1, -0.05) is 12.1 Å². The van der Waals surface area contributed by atoms with E-state index < -0.39 is 0 Å². The van der Waals surface area contributed by atoms with E-state index in [1.165, 1.54) is 5.56 Å². The molecule has 1 aromatic rings. The van der Waals surface area contributed by atoms with Crippen LogP contribution in [0.4, 0.5) is 5.69 Å². The summed E-state index contributed by atoms with van der Waals surface area (Å²) in [6.45, 7) is 10.7. The van der Waals surface area contributed by atoms with Gasteiger partial charge in [-0.05, 0) is 51.3 Å². The minimum atomic E-state index is 0.426. The molecule has 0 aromatic heterocycles. The first-order valence-electron chi connectivity index (χ1n) is 6.28. The van der Waals surface area contributed by atoms with Gasteiger partial charge in [0.25, 0.3) is 0 Å². The first-order valence-corrected chi connectivity index (χ1v) is 6.28. The first kappa shape index (κ1) is 13.6. The monoisotopic (exact) mass is 233 g/mol. The van der Waals surface area contributed by atoms with Gasteiger partial charge in [0.1, 0.15) is 5.75 Å². The summed E-state index contributed by atoms with van der Waals surface area (Å²) < 4.78 is 5.64. The van der Waals surface area contributed by atoms with Crippen LogP contribution in [0.25, 0.3) is 0 Å². The second kappa shape index (κ2) is 7.00. The average Bonchev–Trinajstić information content (AvgIpc) is 2.30. The Morgan fingerprint density at radius 3 is 2.88 bits per heavy atom. The van der Waals surface area contributed by atoms with Gasteiger partial charge in [-0.15, -0.1) is 6.58 Å². The zero-order valence-electron chi connectivity index (χ0n) is 11.1. The van der Waals surface area contributed by atoms with Crippen LogP contribution in [0.1, 0.15) is 32.3 Å². The van der Waals surface area contributed by atoms with Crippen molar-refractivity contribution in [3.63, 3.8) is 0 Å². The molecular formula is C15H23NO. The Hall–Kier alpha value is -1.44. The molecule has 1 rings (SSSR count). The first-order chi connectivity index (χ1) is 8.17. The topological polar surface area (TPSA) is 21.3 Å². The van der Waals surface area contributed by atoms with Crippen LogP contribution in [0.5, 0.6) is 5.75 Å². The molecule has 0 aliphatic rings. The smallest absolute Gasteiger partial charge is 0.142 e. The Balaban J connectivity index is 2.71. The minimum Gasteiger partial charge on any atom is -0.492 e. The molecule has 0 aliphatic carbocycles. The molecule has 17 heavy (non-hydrogen) atoms. The summed E-state index contributed by atoms with van der Waals surface area (Å²) in [6.07, 6.45) is 4.07. The number of hydrogen-bond donors (Lipinski definition) is 1. The van der Waals surface area contributed by atoms with Gasteiger partial charge in [0.05, 0.1) is 12.3 Å². The maximum absolute atomic E-state index is 5.64. The predicted molar refractivity (Wildman–Crippen MR) is 74.9 cm³/mol. The van der Waals surface area contributed by atoms with E-state index in [9.17, 15) is 0 Å². The van der Waals surface area contributed by atoms with E-state index in [0.29, 0.717) is 12.6 Å². The molecule has 2 nitrogen and oxygen atoms in total. The van der Waals surface area contributed by atoms with Crippen molar-refractivity contribution in [1.82, 2.24) is 0 Å². The lowest BCUT2D eigenvalue weighted by molar-refractivity contribution is 0.341. The number of ether oxygens (including phenoxy) is 1. The van der Waals surface area contributed by atoms with Crippen molar-refractivity contribution in [2.24, 2.45) is 0 Å². The van der Waals surface area contributed by atoms with Crippen molar-refractivity contribution in [3.8, 4) is 5.75 Å². The van der Waals surface area contributed by atoms with Gasteiger partial charge in [-0.2, -0.15) is 0 Å². The number of benzene rings is 1. The van der Waals surface area contributed by atoms with E-state index in [1.807, 2.05) is 13.0 Å². The number of anilines is 1. The summed E-state index contributed by atoms with van der Waals surface area (Å²) >= 11 is 0. The highest BCUT2D eigenvalue weighted by atomic mass is 16.5. The van der Waals surface area contributed by atoms with Gasteiger partial charge in [0.15, 0.2) is 0 Å². The maximum atomic E-state index is 5.64. The van der Waals surface area contributed by atoms with Gasteiger partial charge in [0, 0.05) is 6.04 Å². The van der Waals surface area contributed by atoms with Crippen LogP contribution in [0.15, 0.2) is 30.9 Å². The zero-order valence-corrected chi connectivity index (χ0v) is 11.1. The molecule has 1 aromatic carbocycles. The van der Waals surface area contributed by atoms with Crippen LogP contribution in [0.2, 0.25) is 0 Å². The average molecular weight is 233 g/mol. The number of allylic oxidation sites excluding steroid dienone is 1. The van der Waals surface area contributed by atoms with Crippen molar-refractivity contribution in [2.45, 2.75) is 39.7 Å². The number of hydrogen-bond acceptors (Lipinski definition) is 2. The molecule has 1 unspecified atom stereocenters. The van der Waals surface area contributed by atoms with Gasteiger partial charge in [-0.25, -0.2) is 0 Å². The van der Waals surface area contributed by atoms with Crippen LogP contribution in [-0.2, 0) is 0 Å². The highest BCUT2D eigenvalue weighted by molar-refractivity contribution is 5.58. The lowest BCUT2D eigenvalue weighted by Gasteiger charge is -2.18. The summed E-state index contributed by atoms with van der Waals surface area (Å²) in [5.41, 5.74) is 2.30. The summed E-state index contributed by atoms with van der Waals surface area (Å²) in [7, 11) is 0. The molecule has 0 aliphatic heterocycles. The van der Waals surface area contributed by atoms with Crippen molar-refractivity contribution in [3.05, 3.63) is 36.4 Å². The van der Waals surface area contributed by atoms with E-state index >= 15 is 0 Å². The van der Waals surface area contributed by atoms with Crippen LogP contribution >= 0.6 is 0 Å². The molecule has 1 N–H and O–H groups in total. The fraction of sp³-hybridized carbons (Fsp3) is 0.467. The molecule has 0 fully saturated rings. The second-order valence-electron chi connectivity index (χ2n) is 4.34. The van der Waals surface area contributed by atoms with Crippen molar-refractivity contribution < 1.29 is 4.74 Å². The fourth-order valence-corrected chi connectivity index (χ4v) is 1.73. The van der Waals surface area contributed by atoms with Crippen LogP contribution < -0.4 is 10.1 Å². The molecule has 0 heterocycles. The third-order valence-corrected chi connectivity index (χ3v) is 2.64. The largest absolute Gasteiger partial charge is 0.492 e. The number of rotatable bonds is 7. The third kappa shape index (κ3) is 4.51. The SMILES string of the molecule is C=CCCC(C)Nc1ccc(C)cc1OCC. The summed E-state index contributed by atoms with van der Waals surface area (Å²) in [5.74, 6) is 0.943. The van der Waals surface area contributed by atoms with Gasteiger partial charge in [-0.3, -0.25) is 0 Å². The third-order valence-electron chi connectivity index (χ3n) is 2.64. The Labute approximate surface area is 105 Å². The van der Waals surface area contributed by atoms with Crippen LogP contribution in [-0.4, -0.2) is 12.6 Å². The summed E-state index contributed by atoms with van der Waals surface area (Å²) in [5, 5.41) is 3.48. The Morgan fingerprint density at radius 2 is 2.24 bits per heavy atom. The van der Waals surface area contributed by atoms with Gasteiger partial charge >= 0.3 is 0 Å². The molecule has 0 radical (unpaired) electrons. The molecule has 0 bridgehead atoms. The molecule has 0 amide bonds. The highest BCUT2D eigenvalue weighted by Gasteiger charge is 2.06. The molecule has 2 heteroatoms. The quantitative estimate of drug-likeness (QED) is 0.714. The number of aryl methyl sites for hydroxylation is 1. The van der Waals surface area contributed by atoms with E-state index in [2.05, 4.69) is 43.9 Å². The highest BCUT2D eigenvalue weighted by Crippen LogP contribution is 2.26. The van der Waals surface area contributed by atoms with Crippen molar-refractivity contribution >= 4 is 5.69 Å². The number of nitrogens with one attached hydrogen (secondary N) is 1. The molecule has 1 atom stereocenters. The summed E-state index contributed by atoms with van der Waals surface area (Å²) in [4.78, 5) is 0. The molecule has 0 saturated heterocycles. The lowest BCUT2D eigenvalue weighted by atomic mass is 10.1. The Morgan fingerprint density at radius 1 is 1.47 bits per heavy atom.